The van der Waals surface area contributed by atoms with Gasteiger partial charge in [-0.25, -0.2) is 0 Å². The van der Waals surface area contributed by atoms with Crippen molar-refractivity contribution in [3.63, 3.8) is 0 Å². The highest BCUT2D eigenvalue weighted by Crippen LogP contribution is 2.14. The first kappa shape index (κ1) is 7.07. The van der Waals surface area contributed by atoms with E-state index in [0.29, 0.717) is 0 Å². The van der Waals surface area contributed by atoms with E-state index >= 15 is 0 Å². The van der Waals surface area contributed by atoms with Crippen molar-refractivity contribution in [3.8, 4) is 0 Å². The largest absolute Gasteiger partial charge is 0.312 e. The fourth-order valence-electron chi connectivity index (χ4n) is 1.60. The van der Waals surface area contributed by atoms with Crippen molar-refractivity contribution in [1.82, 2.24) is 5.32 Å². The standard InChI is InChI=1S/C8H17N/c1-3-4-8-6-5-7(2)9-8/h7-9H,3-6H2,1-2H3/t7-,8-/m1/s1. The molecule has 1 rings (SSSR count). The van der Waals surface area contributed by atoms with Gasteiger partial charge in [-0.2, -0.15) is 0 Å². The lowest BCUT2D eigenvalue weighted by Crippen LogP contribution is -2.26. The van der Waals surface area contributed by atoms with Gasteiger partial charge in [0.2, 0.25) is 0 Å². The molecule has 1 aliphatic heterocycles. The Labute approximate surface area is 57.8 Å². The zero-order chi connectivity index (χ0) is 6.69. The van der Waals surface area contributed by atoms with Crippen LogP contribution in [0.3, 0.4) is 0 Å². The van der Waals surface area contributed by atoms with E-state index in [2.05, 4.69) is 19.2 Å². The SMILES string of the molecule is CCC[C@@H]1CC[C@@H](C)N1. The van der Waals surface area contributed by atoms with Crippen LogP contribution in [0.25, 0.3) is 0 Å². The minimum Gasteiger partial charge on any atom is -0.312 e. The maximum absolute atomic E-state index is 3.55. The Kier molecular flexibility index (Phi) is 2.52. The van der Waals surface area contributed by atoms with Crippen LogP contribution in [-0.4, -0.2) is 12.1 Å². The molecule has 0 aromatic heterocycles. The molecule has 1 fully saturated rings. The lowest BCUT2D eigenvalue weighted by Gasteiger charge is -2.08. The first-order valence-corrected chi connectivity index (χ1v) is 4.09. The predicted octanol–water partition coefficient (Wildman–Crippen LogP) is 1.93. The van der Waals surface area contributed by atoms with Gasteiger partial charge in [0.05, 0.1) is 0 Å². The van der Waals surface area contributed by atoms with Crippen molar-refractivity contribution in [2.45, 2.75) is 51.6 Å². The Balaban J connectivity index is 2.14. The summed E-state index contributed by atoms with van der Waals surface area (Å²) >= 11 is 0. The Hall–Kier alpha value is -0.0400. The van der Waals surface area contributed by atoms with E-state index in [0.717, 1.165) is 12.1 Å². The lowest BCUT2D eigenvalue weighted by atomic mass is 10.1. The summed E-state index contributed by atoms with van der Waals surface area (Å²) in [6, 6.07) is 1.62. The van der Waals surface area contributed by atoms with Gasteiger partial charge in [0, 0.05) is 12.1 Å². The number of hydrogen-bond donors (Lipinski definition) is 1. The molecule has 1 heteroatoms. The van der Waals surface area contributed by atoms with Gasteiger partial charge in [-0.15, -0.1) is 0 Å². The van der Waals surface area contributed by atoms with Gasteiger partial charge < -0.3 is 5.32 Å². The van der Waals surface area contributed by atoms with E-state index < -0.39 is 0 Å². The Bertz CT molecular complexity index is 78.6. The molecule has 0 aromatic rings. The van der Waals surface area contributed by atoms with Gasteiger partial charge in [-0.05, 0) is 26.2 Å². The zero-order valence-corrected chi connectivity index (χ0v) is 6.48. The van der Waals surface area contributed by atoms with Crippen molar-refractivity contribution >= 4 is 0 Å². The van der Waals surface area contributed by atoms with E-state index in [9.17, 15) is 0 Å². The van der Waals surface area contributed by atoms with Crippen LogP contribution in [0, 0.1) is 0 Å². The second-order valence-electron chi connectivity index (χ2n) is 3.13. The molecule has 0 spiro atoms. The third-order valence-corrected chi connectivity index (χ3v) is 2.11. The minimum absolute atomic E-state index is 0.779. The van der Waals surface area contributed by atoms with E-state index in [1.54, 1.807) is 0 Å². The molecule has 0 aliphatic carbocycles. The Morgan fingerprint density at radius 1 is 1.44 bits per heavy atom. The molecule has 54 valence electrons. The zero-order valence-electron chi connectivity index (χ0n) is 6.48. The van der Waals surface area contributed by atoms with Crippen molar-refractivity contribution in [1.29, 1.82) is 0 Å². The average molecular weight is 127 g/mol. The van der Waals surface area contributed by atoms with Gasteiger partial charge in [-0.1, -0.05) is 13.3 Å². The second-order valence-corrected chi connectivity index (χ2v) is 3.13. The molecule has 0 amide bonds. The molecule has 0 saturated carbocycles. The third kappa shape index (κ3) is 1.98. The average Bonchev–Trinajstić information content (AvgIpc) is 2.17. The van der Waals surface area contributed by atoms with Crippen LogP contribution in [-0.2, 0) is 0 Å². The molecule has 1 nitrogen and oxygen atoms in total. The molecule has 1 heterocycles. The second kappa shape index (κ2) is 3.21. The van der Waals surface area contributed by atoms with Crippen LogP contribution in [0.1, 0.15) is 39.5 Å². The molecule has 0 aromatic carbocycles. The lowest BCUT2D eigenvalue weighted by molar-refractivity contribution is 0.521. The summed E-state index contributed by atoms with van der Waals surface area (Å²) in [5.74, 6) is 0. The Morgan fingerprint density at radius 2 is 2.22 bits per heavy atom. The molecule has 0 radical (unpaired) electrons. The van der Waals surface area contributed by atoms with E-state index in [-0.39, 0.29) is 0 Å². The normalized spacial score (nSPS) is 35.3. The summed E-state index contributed by atoms with van der Waals surface area (Å²) in [4.78, 5) is 0. The Morgan fingerprint density at radius 3 is 2.67 bits per heavy atom. The molecule has 2 atom stereocenters. The van der Waals surface area contributed by atoms with Crippen molar-refractivity contribution in [2.75, 3.05) is 0 Å². The first-order valence-electron chi connectivity index (χ1n) is 4.09. The fraction of sp³-hybridized carbons (Fsp3) is 1.00. The fourth-order valence-corrected chi connectivity index (χ4v) is 1.60. The van der Waals surface area contributed by atoms with Gasteiger partial charge in [0.25, 0.3) is 0 Å². The van der Waals surface area contributed by atoms with Crippen LogP contribution in [0.2, 0.25) is 0 Å². The molecule has 9 heavy (non-hydrogen) atoms. The molecular formula is C8H17N. The van der Waals surface area contributed by atoms with Crippen LogP contribution in [0.5, 0.6) is 0 Å². The van der Waals surface area contributed by atoms with Crippen molar-refractivity contribution in [2.24, 2.45) is 0 Å². The molecule has 1 saturated heterocycles. The molecule has 0 bridgehead atoms. The summed E-state index contributed by atoms with van der Waals surface area (Å²) in [5.41, 5.74) is 0. The maximum Gasteiger partial charge on any atom is 0.00700 e. The molecular weight excluding hydrogens is 110 g/mol. The summed E-state index contributed by atoms with van der Waals surface area (Å²) in [7, 11) is 0. The van der Waals surface area contributed by atoms with E-state index in [4.69, 9.17) is 0 Å². The van der Waals surface area contributed by atoms with Crippen LogP contribution in [0.15, 0.2) is 0 Å². The summed E-state index contributed by atoms with van der Waals surface area (Å²) < 4.78 is 0. The maximum atomic E-state index is 3.55. The smallest absolute Gasteiger partial charge is 0.00700 e. The summed E-state index contributed by atoms with van der Waals surface area (Å²) in [6.45, 7) is 4.53. The predicted molar refractivity (Wildman–Crippen MR) is 40.5 cm³/mol. The van der Waals surface area contributed by atoms with Crippen molar-refractivity contribution < 1.29 is 0 Å². The first-order chi connectivity index (χ1) is 4.33. The highest BCUT2D eigenvalue weighted by atomic mass is 15.0. The molecule has 1 N–H and O–H groups in total. The van der Waals surface area contributed by atoms with Gasteiger partial charge >= 0.3 is 0 Å². The van der Waals surface area contributed by atoms with E-state index in [1.807, 2.05) is 0 Å². The molecule has 0 unspecified atom stereocenters. The van der Waals surface area contributed by atoms with Crippen LogP contribution < -0.4 is 5.32 Å². The summed E-state index contributed by atoms with van der Waals surface area (Å²) in [5, 5.41) is 3.55. The monoisotopic (exact) mass is 127 g/mol. The number of rotatable bonds is 2. The number of hydrogen-bond acceptors (Lipinski definition) is 1. The molecule has 1 aliphatic rings. The van der Waals surface area contributed by atoms with Crippen LogP contribution >= 0.6 is 0 Å². The van der Waals surface area contributed by atoms with Gasteiger partial charge in [0.15, 0.2) is 0 Å². The van der Waals surface area contributed by atoms with Crippen LogP contribution in [0.4, 0.5) is 0 Å². The highest BCUT2D eigenvalue weighted by Gasteiger charge is 2.18. The van der Waals surface area contributed by atoms with Gasteiger partial charge in [-0.3, -0.25) is 0 Å². The topological polar surface area (TPSA) is 12.0 Å². The minimum atomic E-state index is 0.779. The quantitative estimate of drug-likeness (QED) is 0.597. The van der Waals surface area contributed by atoms with Gasteiger partial charge in [0.1, 0.15) is 0 Å². The highest BCUT2D eigenvalue weighted by molar-refractivity contribution is 4.79. The van der Waals surface area contributed by atoms with Crippen molar-refractivity contribution in [3.05, 3.63) is 0 Å². The van der Waals surface area contributed by atoms with E-state index in [1.165, 1.54) is 25.7 Å². The summed E-state index contributed by atoms with van der Waals surface area (Å²) in [6.07, 6.45) is 5.47. The number of nitrogens with one attached hydrogen (secondary N) is 1. The third-order valence-electron chi connectivity index (χ3n) is 2.11.